The zero-order chi connectivity index (χ0) is 21.4. The van der Waals surface area contributed by atoms with Crippen molar-refractivity contribution in [1.82, 2.24) is 19.6 Å². The highest BCUT2D eigenvalue weighted by molar-refractivity contribution is 7.98. The van der Waals surface area contributed by atoms with Gasteiger partial charge in [-0.25, -0.2) is 0 Å². The van der Waals surface area contributed by atoms with Crippen LogP contribution in [0.5, 0.6) is 0 Å². The van der Waals surface area contributed by atoms with E-state index in [0.717, 1.165) is 30.7 Å². The van der Waals surface area contributed by atoms with Gasteiger partial charge in [0.25, 0.3) is 5.91 Å². The van der Waals surface area contributed by atoms with E-state index in [2.05, 4.69) is 41.9 Å². The number of aromatic nitrogens is 2. The second-order valence-electron chi connectivity index (χ2n) is 9.17. The van der Waals surface area contributed by atoms with Crippen molar-refractivity contribution in [3.63, 3.8) is 0 Å². The van der Waals surface area contributed by atoms with Gasteiger partial charge in [0.1, 0.15) is 0 Å². The fraction of sp³-hybridized carbons (Fsp3) is 0.583. The molecule has 3 aliphatic rings. The maximum atomic E-state index is 13.5. The van der Waals surface area contributed by atoms with E-state index < -0.39 is 0 Å². The quantitative estimate of drug-likeness (QED) is 0.713. The third-order valence-electron chi connectivity index (χ3n) is 6.60. The predicted molar refractivity (Wildman–Crippen MR) is 123 cm³/mol. The van der Waals surface area contributed by atoms with Crippen LogP contribution < -0.4 is 0 Å². The molecule has 0 bridgehead atoms. The van der Waals surface area contributed by atoms with Crippen LogP contribution in [0.25, 0.3) is 11.3 Å². The molecule has 0 unspecified atom stereocenters. The molecule has 5 rings (SSSR count). The summed E-state index contributed by atoms with van der Waals surface area (Å²) in [4.78, 5) is 18.9. The lowest BCUT2D eigenvalue weighted by molar-refractivity contribution is 0.0297. The summed E-state index contributed by atoms with van der Waals surface area (Å²) in [5, 5.41) is 5.04. The Bertz CT molecular complexity index is 959. The minimum atomic E-state index is 0.0719. The highest BCUT2D eigenvalue weighted by atomic mass is 32.2. The van der Waals surface area contributed by atoms with Gasteiger partial charge in [-0.2, -0.15) is 5.10 Å². The predicted octanol–water partition coefficient (Wildman–Crippen LogP) is 4.20. The lowest BCUT2D eigenvalue weighted by Gasteiger charge is -2.27. The average molecular weight is 441 g/mol. The first-order valence-electron chi connectivity index (χ1n) is 11.5. The second kappa shape index (κ2) is 8.96. The molecule has 1 aromatic heterocycles. The van der Waals surface area contributed by atoms with Gasteiger partial charge < -0.3 is 14.5 Å². The van der Waals surface area contributed by atoms with Gasteiger partial charge in [0.15, 0.2) is 5.69 Å². The van der Waals surface area contributed by atoms with Gasteiger partial charge in [0.05, 0.1) is 24.9 Å². The molecule has 2 aliphatic heterocycles. The molecule has 1 saturated carbocycles. The van der Waals surface area contributed by atoms with Crippen molar-refractivity contribution in [2.75, 3.05) is 40.4 Å². The molecule has 0 radical (unpaired) electrons. The monoisotopic (exact) mass is 440 g/mol. The van der Waals surface area contributed by atoms with Gasteiger partial charge >= 0.3 is 0 Å². The standard InChI is InChI=1S/C24H32N4O2S/c1-26(2)15-17-8-9-21-19(14-17)23-20(16-31-21)22(24(29)27-10-12-30-13-11-27)25-28(23)18-6-4-3-5-7-18/h8-9,14,18H,3-7,10-13,15-16H2,1-2H3. The number of rotatable bonds is 4. The lowest BCUT2D eigenvalue weighted by Crippen LogP contribution is -2.41. The molecule has 2 aromatic rings. The van der Waals surface area contributed by atoms with Gasteiger partial charge in [0.2, 0.25) is 0 Å². The van der Waals surface area contributed by atoms with Gasteiger partial charge in [-0.3, -0.25) is 9.48 Å². The van der Waals surface area contributed by atoms with Crippen LogP contribution in [0.2, 0.25) is 0 Å². The van der Waals surface area contributed by atoms with Gasteiger partial charge in [0, 0.05) is 41.4 Å². The minimum Gasteiger partial charge on any atom is -0.378 e. The Morgan fingerprint density at radius 2 is 1.97 bits per heavy atom. The maximum absolute atomic E-state index is 13.5. The Morgan fingerprint density at radius 3 is 2.71 bits per heavy atom. The third kappa shape index (κ3) is 4.15. The molecule has 1 amide bonds. The second-order valence-corrected chi connectivity index (χ2v) is 10.2. The molecule has 0 atom stereocenters. The van der Waals surface area contributed by atoms with E-state index in [1.54, 1.807) is 0 Å². The SMILES string of the molecule is CN(C)Cc1ccc2c(c1)-c1c(c(C(=O)N3CCOCC3)nn1C1CCCCC1)CS2. The van der Waals surface area contributed by atoms with E-state index in [-0.39, 0.29) is 5.91 Å². The van der Waals surface area contributed by atoms with Crippen molar-refractivity contribution in [2.24, 2.45) is 0 Å². The van der Waals surface area contributed by atoms with Crippen LogP contribution in [0, 0.1) is 0 Å². The third-order valence-corrected chi connectivity index (χ3v) is 7.70. The molecular formula is C24H32N4O2S. The van der Waals surface area contributed by atoms with Crippen LogP contribution in [0.15, 0.2) is 23.1 Å². The number of amides is 1. The zero-order valence-electron chi connectivity index (χ0n) is 18.6. The fourth-order valence-electron chi connectivity index (χ4n) is 5.07. The highest BCUT2D eigenvalue weighted by Crippen LogP contribution is 2.45. The normalized spacial score (nSPS) is 19.4. The van der Waals surface area contributed by atoms with E-state index >= 15 is 0 Å². The van der Waals surface area contributed by atoms with Crippen molar-refractivity contribution in [3.05, 3.63) is 35.0 Å². The first-order chi connectivity index (χ1) is 15.1. The number of hydrogen-bond acceptors (Lipinski definition) is 5. The first kappa shape index (κ1) is 21.0. The molecule has 6 nitrogen and oxygen atoms in total. The molecule has 2 fully saturated rings. The summed E-state index contributed by atoms with van der Waals surface area (Å²) in [6, 6.07) is 7.20. The van der Waals surface area contributed by atoms with E-state index in [1.807, 2.05) is 16.7 Å². The van der Waals surface area contributed by atoms with Crippen LogP contribution >= 0.6 is 11.8 Å². The molecule has 0 spiro atoms. The van der Waals surface area contributed by atoms with E-state index in [9.17, 15) is 4.79 Å². The van der Waals surface area contributed by atoms with Crippen LogP contribution in [0.3, 0.4) is 0 Å². The summed E-state index contributed by atoms with van der Waals surface area (Å²) >= 11 is 1.83. The number of nitrogens with zero attached hydrogens (tertiary/aromatic N) is 4. The number of thioether (sulfide) groups is 1. The summed E-state index contributed by atoms with van der Waals surface area (Å²) in [5.41, 5.74) is 5.54. The molecule has 1 aliphatic carbocycles. The average Bonchev–Trinajstić information content (AvgIpc) is 3.19. The first-order valence-corrected chi connectivity index (χ1v) is 12.5. The topological polar surface area (TPSA) is 50.6 Å². The van der Waals surface area contributed by atoms with Crippen LogP contribution in [-0.4, -0.2) is 65.9 Å². The summed E-state index contributed by atoms with van der Waals surface area (Å²) in [6.07, 6.45) is 6.10. The van der Waals surface area contributed by atoms with Crippen LogP contribution in [0.1, 0.15) is 59.8 Å². The maximum Gasteiger partial charge on any atom is 0.274 e. The zero-order valence-corrected chi connectivity index (χ0v) is 19.4. The van der Waals surface area contributed by atoms with Crippen molar-refractivity contribution < 1.29 is 9.53 Å². The van der Waals surface area contributed by atoms with Crippen LogP contribution in [0.4, 0.5) is 0 Å². The van der Waals surface area contributed by atoms with Crippen molar-refractivity contribution in [3.8, 4) is 11.3 Å². The lowest BCUT2D eigenvalue weighted by atomic mass is 9.94. The molecule has 166 valence electrons. The summed E-state index contributed by atoms with van der Waals surface area (Å²) < 4.78 is 7.70. The summed E-state index contributed by atoms with van der Waals surface area (Å²) in [7, 11) is 4.20. The van der Waals surface area contributed by atoms with Gasteiger partial charge in [-0.05, 0) is 44.6 Å². The molecule has 1 aromatic carbocycles. The number of carbonyl (C=O) groups excluding carboxylic acids is 1. The Balaban J connectivity index is 1.60. The number of morpholine rings is 1. The minimum absolute atomic E-state index is 0.0719. The molecule has 31 heavy (non-hydrogen) atoms. The Morgan fingerprint density at radius 1 is 1.19 bits per heavy atom. The number of fused-ring (bicyclic) bond motifs is 3. The molecule has 1 saturated heterocycles. The molecule has 3 heterocycles. The number of benzene rings is 1. The van der Waals surface area contributed by atoms with Gasteiger partial charge in [-0.15, -0.1) is 11.8 Å². The van der Waals surface area contributed by atoms with Crippen molar-refractivity contribution in [2.45, 2.75) is 55.3 Å². The van der Waals surface area contributed by atoms with Crippen LogP contribution in [-0.2, 0) is 17.0 Å². The number of ether oxygens (including phenoxy) is 1. The van der Waals surface area contributed by atoms with Crippen molar-refractivity contribution in [1.29, 1.82) is 0 Å². The molecular weight excluding hydrogens is 408 g/mol. The number of hydrogen-bond donors (Lipinski definition) is 0. The highest BCUT2D eigenvalue weighted by Gasteiger charge is 2.33. The van der Waals surface area contributed by atoms with E-state index in [4.69, 9.17) is 9.84 Å². The molecule has 7 heteroatoms. The van der Waals surface area contributed by atoms with E-state index in [0.29, 0.717) is 38.0 Å². The smallest absolute Gasteiger partial charge is 0.274 e. The largest absolute Gasteiger partial charge is 0.378 e. The van der Waals surface area contributed by atoms with Crippen molar-refractivity contribution >= 4 is 17.7 Å². The fourth-order valence-corrected chi connectivity index (χ4v) is 6.12. The number of carbonyl (C=O) groups is 1. The summed E-state index contributed by atoms with van der Waals surface area (Å²) in [5.74, 6) is 0.885. The Labute approximate surface area is 188 Å². The molecule has 0 N–H and O–H groups in total. The Kier molecular flexibility index (Phi) is 6.08. The van der Waals surface area contributed by atoms with E-state index in [1.165, 1.54) is 41.0 Å². The summed E-state index contributed by atoms with van der Waals surface area (Å²) in [6.45, 7) is 3.44. The van der Waals surface area contributed by atoms with Gasteiger partial charge in [-0.1, -0.05) is 25.3 Å². The Hall–Kier alpha value is -1.83.